The van der Waals surface area contributed by atoms with Crippen molar-refractivity contribution in [1.82, 2.24) is 14.5 Å². The number of carbonyl (C=O) groups is 3. The number of fused-ring (bicyclic) bond motifs is 2. The zero-order valence-electron chi connectivity index (χ0n) is 17.5. The predicted molar refractivity (Wildman–Crippen MR) is 126 cm³/mol. The van der Waals surface area contributed by atoms with Gasteiger partial charge in [-0.1, -0.05) is 41.4 Å². The molecule has 166 valence electrons. The van der Waals surface area contributed by atoms with E-state index in [-0.39, 0.29) is 40.4 Å². The van der Waals surface area contributed by atoms with Crippen LogP contribution in [0.25, 0.3) is 11.0 Å². The largest absolute Gasteiger partial charge is 0.274 e. The van der Waals surface area contributed by atoms with E-state index in [4.69, 9.17) is 23.2 Å². The van der Waals surface area contributed by atoms with E-state index in [0.29, 0.717) is 33.5 Å². The van der Waals surface area contributed by atoms with Crippen molar-refractivity contribution in [2.45, 2.75) is 6.42 Å². The van der Waals surface area contributed by atoms with E-state index < -0.39 is 5.91 Å². The smallest absolute Gasteiger partial charge is 0.263 e. The molecule has 1 aromatic heterocycles. The molecule has 0 aliphatic carbocycles. The summed E-state index contributed by atoms with van der Waals surface area (Å²) in [4.78, 5) is 44.7. The Morgan fingerprint density at radius 3 is 2.29 bits per heavy atom. The number of hydrogen-bond donors (Lipinski definition) is 0. The first-order valence-electron chi connectivity index (χ1n) is 10.3. The zero-order chi connectivity index (χ0) is 24.0. The van der Waals surface area contributed by atoms with Crippen molar-refractivity contribution < 1.29 is 14.4 Å². The maximum atomic E-state index is 13.5. The molecule has 0 unspecified atom stereocenters. The quantitative estimate of drug-likeness (QED) is 0.386. The number of nitriles is 1. The van der Waals surface area contributed by atoms with Crippen molar-refractivity contribution in [2.24, 2.45) is 0 Å². The predicted octanol–water partition coefficient (Wildman–Crippen LogP) is 4.74. The van der Waals surface area contributed by atoms with Gasteiger partial charge < -0.3 is 0 Å². The van der Waals surface area contributed by atoms with Crippen LogP contribution in [0.3, 0.4) is 0 Å². The van der Waals surface area contributed by atoms with Gasteiger partial charge in [-0.05, 0) is 42.5 Å². The van der Waals surface area contributed by atoms with Crippen molar-refractivity contribution in [3.05, 3.63) is 98.8 Å². The van der Waals surface area contributed by atoms with Crippen molar-refractivity contribution >= 4 is 52.0 Å². The number of aromatic nitrogens is 2. The number of imide groups is 1. The standard InChI is InChI=1S/C25H14Cl2N4O3/c26-18-11-20-21(12-19(18)27)31(23(32)15-5-3-4-14(10-15)13-28)22(29-20)8-9-30-24(33)16-6-1-2-7-17(16)25(30)34/h1-7,10-12H,8-9H2. The van der Waals surface area contributed by atoms with Crippen LogP contribution in [-0.2, 0) is 6.42 Å². The number of hydrogen-bond acceptors (Lipinski definition) is 5. The van der Waals surface area contributed by atoms with Crippen LogP contribution >= 0.6 is 23.2 Å². The minimum absolute atomic E-state index is 0.0304. The summed E-state index contributed by atoms with van der Waals surface area (Å²) in [7, 11) is 0. The molecule has 0 bridgehead atoms. The van der Waals surface area contributed by atoms with Gasteiger partial charge in [0.1, 0.15) is 5.82 Å². The third kappa shape index (κ3) is 3.54. The van der Waals surface area contributed by atoms with E-state index in [1.165, 1.54) is 10.6 Å². The first-order valence-corrected chi connectivity index (χ1v) is 11.0. The third-order valence-electron chi connectivity index (χ3n) is 5.64. The highest BCUT2D eigenvalue weighted by Crippen LogP contribution is 2.30. The van der Waals surface area contributed by atoms with Gasteiger partial charge in [-0.2, -0.15) is 5.26 Å². The fourth-order valence-corrected chi connectivity index (χ4v) is 4.34. The fourth-order valence-electron chi connectivity index (χ4n) is 4.02. The van der Waals surface area contributed by atoms with Gasteiger partial charge >= 0.3 is 0 Å². The molecule has 0 N–H and O–H groups in total. The average molecular weight is 489 g/mol. The SMILES string of the molecule is N#Cc1cccc(C(=O)n2c(CCN3C(=O)c4ccccc4C3=O)nc3cc(Cl)c(Cl)cc32)c1. The Balaban J connectivity index is 1.55. The molecule has 0 atom stereocenters. The van der Waals surface area contributed by atoms with Gasteiger partial charge in [0, 0.05) is 18.5 Å². The van der Waals surface area contributed by atoms with Crippen LogP contribution in [0, 0.1) is 11.3 Å². The monoisotopic (exact) mass is 488 g/mol. The number of nitrogens with zero attached hydrogens (tertiary/aromatic N) is 4. The van der Waals surface area contributed by atoms with E-state index in [1.54, 1.807) is 54.6 Å². The van der Waals surface area contributed by atoms with Crippen LogP contribution in [0.5, 0.6) is 0 Å². The Bertz CT molecular complexity index is 1530. The maximum Gasteiger partial charge on any atom is 0.263 e. The Hall–Kier alpha value is -3.99. The minimum atomic E-state index is -0.421. The number of rotatable bonds is 4. The second kappa shape index (κ2) is 8.41. The Labute approximate surface area is 203 Å². The maximum absolute atomic E-state index is 13.5. The van der Waals surface area contributed by atoms with Crippen molar-refractivity contribution in [2.75, 3.05) is 6.54 Å². The van der Waals surface area contributed by atoms with Gasteiger partial charge in [-0.3, -0.25) is 23.9 Å². The summed E-state index contributed by atoms with van der Waals surface area (Å²) in [5.41, 5.74) is 2.19. The highest BCUT2D eigenvalue weighted by molar-refractivity contribution is 6.42. The first-order chi connectivity index (χ1) is 16.4. The van der Waals surface area contributed by atoms with E-state index in [2.05, 4.69) is 4.98 Å². The van der Waals surface area contributed by atoms with Crippen molar-refractivity contribution in [1.29, 1.82) is 5.26 Å². The number of imidazole rings is 1. The van der Waals surface area contributed by atoms with Crippen LogP contribution in [0.15, 0.2) is 60.7 Å². The minimum Gasteiger partial charge on any atom is -0.274 e. The Kier molecular flexibility index (Phi) is 5.40. The van der Waals surface area contributed by atoms with Crippen LogP contribution in [0.1, 0.15) is 42.5 Å². The zero-order valence-corrected chi connectivity index (χ0v) is 19.0. The first kappa shape index (κ1) is 21.8. The van der Waals surface area contributed by atoms with Gasteiger partial charge in [0.25, 0.3) is 17.7 Å². The normalized spacial score (nSPS) is 12.8. The molecule has 34 heavy (non-hydrogen) atoms. The molecule has 2 heterocycles. The molecule has 0 spiro atoms. The summed E-state index contributed by atoms with van der Waals surface area (Å²) >= 11 is 12.4. The van der Waals surface area contributed by atoms with Crippen molar-refractivity contribution in [3.63, 3.8) is 0 Å². The highest BCUT2D eigenvalue weighted by Gasteiger charge is 2.35. The summed E-state index contributed by atoms with van der Waals surface area (Å²) in [6.07, 6.45) is 0.124. The lowest BCUT2D eigenvalue weighted by atomic mass is 10.1. The highest BCUT2D eigenvalue weighted by atomic mass is 35.5. The van der Waals surface area contributed by atoms with Gasteiger partial charge in [0.05, 0.1) is 43.8 Å². The lowest BCUT2D eigenvalue weighted by Gasteiger charge is -2.14. The van der Waals surface area contributed by atoms with Crippen LogP contribution in [0.4, 0.5) is 0 Å². The summed E-state index contributed by atoms with van der Waals surface area (Å²) in [6.45, 7) is 0.0304. The summed E-state index contributed by atoms with van der Waals surface area (Å²) in [5.74, 6) is -0.864. The van der Waals surface area contributed by atoms with Crippen LogP contribution in [0.2, 0.25) is 10.0 Å². The van der Waals surface area contributed by atoms with Gasteiger partial charge in [0.2, 0.25) is 0 Å². The van der Waals surface area contributed by atoms with Gasteiger partial charge in [0.15, 0.2) is 0 Å². The van der Waals surface area contributed by atoms with Gasteiger partial charge in [-0.25, -0.2) is 4.98 Å². The lowest BCUT2D eigenvalue weighted by molar-refractivity contribution is 0.0655. The van der Waals surface area contributed by atoms with E-state index >= 15 is 0 Å². The molecule has 4 aromatic rings. The van der Waals surface area contributed by atoms with Gasteiger partial charge in [-0.15, -0.1) is 0 Å². The fraction of sp³-hybridized carbons (Fsp3) is 0.0800. The molecule has 0 saturated heterocycles. The van der Waals surface area contributed by atoms with Crippen LogP contribution in [-0.4, -0.2) is 38.7 Å². The van der Waals surface area contributed by atoms with Crippen molar-refractivity contribution in [3.8, 4) is 6.07 Å². The molecule has 0 radical (unpaired) electrons. The average Bonchev–Trinajstić information content (AvgIpc) is 3.31. The molecule has 3 aromatic carbocycles. The summed E-state index contributed by atoms with van der Waals surface area (Å²) in [5, 5.41) is 9.75. The molecule has 7 nitrogen and oxygen atoms in total. The number of amides is 2. The Morgan fingerprint density at radius 2 is 1.62 bits per heavy atom. The molecule has 1 aliphatic heterocycles. The summed E-state index contributed by atoms with van der Waals surface area (Å²) in [6, 6.07) is 18.1. The number of halogens is 2. The van der Waals surface area contributed by atoms with Crippen LogP contribution < -0.4 is 0 Å². The van der Waals surface area contributed by atoms with E-state index in [1.807, 2.05) is 6.07 Å². The molecule has 2 amide bonds. The number of benzene rings is 3. The topological polar surface area (TPSA) is 96.1 Å². The second-order valence-corrected chi connectivity index (χ2v) is 8.49. The third-order valence-corrected chi connectivity index (χ3v) is 6.37. The second-order valence-electron chi connectivity index (χ2n) is 7.67. The molecular weight excluding hydrogens is 475 g/mol. The Morgan fingerprint density at radius 1 is 0.941 bits per heavy atom. The molecule has 1 aliphatic rings. The number of carbonyl (C=O) groups excluding carboxylic acids is 3. The van der Waals surface area contributed by atoms with E-state index in [0.717, 1.165) is 4.90 Å². The molecule has 5 rings (SSSR count). The molecular formula is C25H14Cl2N4O3. The lowest BCUT2D eigenvalue weighted by Crippen LogP contribution is -2.32. The summed E-state index contributed by atoms with van der Waals surface area (Å²) < 4.78 is 1.38. The molecule has 0 saturated carbocycles. The molecule has 0 fully saturated rings. The van der Waals surface area contributed by atoms with E-state index in [9.17, 15) is 19.6 Å². The molecule has 9 heteroatoms.